The number of hydrogen-bond donors (Lipinski definition) is 2. The second-order valence-electron chi connectivity index (χ2n) is 10.5. The maximum Gasteiger partial charge on any atom is 0.334 e. The van der Waals surface area contributed by atoms with Crippen LogP contribution in [0, 0.1) is 0 Å². The van der Waals surface area contributed by atoms with E-state index in [-0.39, 0.29) is 5.56 Å². The molecule has 0 aliphatic heterocycles. The Kier molecular flexibility index (Phi) is 6.59. The number of fused-ring (bicyclic) bond motifs is 1. The van der Waals surface area contributed by atoms with Gasteiger partial charge in [0.2, 0.25) is 0 Å². The van der Waals surface area contributed by atoms with Crippen molar-refractivity contribution < 1.29 is 9.76 Å². The first-order chi connectivity index (χ1) is 18.1. The van der Waals surface area contributed by atoms with Gasteiger partial charge in [0.05, 0.1) is 22.9 Å². The van der Waals surface area contributed by atoms with Crippen LogP contribution in [-0.2, 0) is 10.2 Å². The van der Waals surface area contributed by atoms with E-state index in [9.17, 15) is 9.90 Å². The molecule has 0 spiro atoms. The van der Waals surface area contributed by atoms with E-state index in [1.54, 1.807) is 21.3 Å². The van der Waals surface area contributed by atoms with Gasteiger partial charge in [-0.1, -0.05) is 91.0 Å². The molecular weight excluding hydrogens is 473 g/mol. The second-order valence-corrected chi connectivity index (χ2v) is 10.5. The molecule has 191 valence electrons. The molecule has 0 saturated carbocycles. The van der Waals surface area contributed by atoms with Gasteiger partial charge in [-0.25, -0.2) is 4.98 Å². The summed E-state index contributed by atoms with van der Waals surface area (Å²) < 4.78 is 8.23. The molecule has 7 heteroatoms. The maximum absolute atomic E-state index is 12.4. The lowest BCUT2D eigenvalue weighted by Gasteiger charge is -2.38. The number of hydrogen-bond acceptors (Lipinski definition) is 4. The number of rotatable bonds is 8. The Labute approximate surface area is 223 Å². The molecule has 2 aromatic heterocycles. The monoisotopic (exact) mass is 504 g/mol. The van der Waals surface area contributed by atoms with Crippen molar-refractivity contribution in [2.24, 2.45) is 0 Å². The van der Waals surface area contributed by atoms with Gasteiger partial charge in [-0.15, -0.1) is 0 Å². The summed E-state index contributed by atoms with van der Waals surface area (Å²) in [5, 5.41) is 10.6. The molecule has 3 aromatic carbocycles. The highest BCUT2D eigenvalue weighted by molar-refractivity contribution is 6.51. The average Bonchev–Trinajstić information content (AvgIpc) is 3.27. The number of nitrogens with zero attached hydrogens (tertiary/aromatic N) is 2. The molecule has 38 heavy (non-hydrogen) atoms. The van der Waals surface area contributed by atoms with E-state index in [4.69, 9.17) is 4.65 Å². The van der Waals surface area contributed by atoms with Crippen LogP contribution in [0.3, 0.4) is 0 Å². The van der Waals surface area contributed by atoms with E-state index in [0.29, 0.717) is 16.6 Å². The molecule has 0 fully saturated rings. The van der Waals surface area contributed by atoms with E-state index < -0.39 is 16.7 Å². The van der Waals surface area contributed by atoms with E-state index in [0.717, 1.165) is 16.7 Å². The van der Waals surface area contributed by atoms with Crippen molar-refractivity contribution in [1.82, 2.24) is 14.5 Å². The number of benzene rings is 3. The lowest BCUT2D eigenvalue weighted by molar-refractivity contribution is -0.0893. The van der Waals surface area contributed by atoms with Gasteiger partial charge in [-0.05, 0) is 49.8 Å². The molecular formula is C31H31BN3O3. The lowest BCUT2D eigenvalue weighted by Crippen LogP contribution is -2.49. The van der Waals surface area contributed by atoms with Gasteiger partial charge in [0.25, 0.3) is 5.56 Å². The fourth-order valence-electron chi connectivity index (χ4n) is 4.70. The Morgan fingerprint density at radius 1 is 0.816 bits per heavy atom. The molecule has 0 bridgehead atoms. The Morgan fingerprint density at radius 3 is 1.74 bits per heavy atom. The minimum atomic E-state index is -1.10. The van der Waals surface area contributed by atoms with Crippen LogP contribution in [0.1, 0.15) is 44.4 Å². The standard InChI is InChI=1S/C31H31BN3O3/c1-29(2,37)30(3,4)38-32-25-21-35(28-27(25)34-26(36)20-33-28)31(22-14-8-5-9-15-22,23-16-10-6-11-17-23)24-18-12-7-13-19-24/h5-21,37H,1-4H3,(H,34,36). The number of nitrogens with one attached hydrogen (secondary N) is 1. The minimum Gasteiger partial charge on any atom is -0.426 e. The van der Waals surface area contributed by atoms with Crippen molar-refractivity contribution >= 4 is 24.1 Å². The van der Waals surface area contributed by atoms with Crippen LogP contribution < -0.4 is 11.0 Å². The molecule has 0 amide bonds. The highest BCUT2D eigenvalue weighted by Crippen LogP contribution is 2.42. The van der Waals surface area contributed by atoms with Gasteiger partial charge in [0.1, 0.15) is 5.54 Å². The Balaban J connectivity index is 1.84. The minimum absolute atomic E-state index is 0.309. The van der Waals surface area contributed by atoms with Crippen LogP contribution in [0.25, 0.3) is 11.2 Å². The zero-order chi connectivity index (χ0) is 27.0. The fourth-order valence-corrected chi connectivity index (χ4v) is 4.70. The van der Waals surface area contributed by atoms with Gasteiger partial charge in [-0.2, -0.15) is 0 Å². The van der Waals surface area contributed by atoms with Crippen LogP contribution in [0.5, 0.6) is 0 Å². The first-order valence-corrected chi connectivity index (χ1v) is 12.7. The van der Waals surface area contributed by atoms with E-state index in [1.165, 1.54) is 6.20 Å². The molecule has 2 heterocycles. The quantitative estimate of drug-likeness (QED) is 0.243. The second kappa shape index (κ2) is 9.74. The fraction of sp³-hybridized carbons (Fsp3) is 0.226. The molecule has 0 aliphatic rings. The molecule has 5 rings (SSSR count). The summed E-state index contributed by atoms with van der Waals surface area (Å²) in [4.78, 5) is 20.0. The van der Waals surface area contributed by atoms with Crippen LogP contribution in [0.4, 0.5) is 0 Å². The molecule has 0 saturated heterocycles. The summed E-state index contributed by atoms with van der Waals surface area (Å²) in [5.74, 6) is 0. The maximum atomic E-state index is 12.4. The highest BCUT2D eigenvalue weighted by Gasteiger charge is 2.41. The van der Waals surface area contributed by atoms with Crippen molar-refractivity contribution in [3.8, 4) is 0 Å². The Morgan fingerprint density at radius 2 is 1.29 bits per heavy atom. The molecule has 5 aromatic rings. The van der Waals surface area contributed by atoms with Gasteiger partial charge < -0.3 is 19.3 Å². The van der Waals surface area contributed by atoms with Crippen molar-refractivity contribution in [2.75, 3.05) is 0 Å². The Bertz CT molecular complexity index is 1490. The topological polar surface area (TPSA) is 80.1 Å². The summed E-state index contributed by atoms with van der Waals surface area (Å²) in [6, 6.07) is 30.8. The zero-order valence-electron chi connectivity index (χ0n) is 22.1. The largest absolute Gasteiger partial charge is 0.426 e. The van der Waals surface area contributed by atoms with Crippen LogP contribution in [0.15, 0.2) is 108 Å². The van der Waals surface area contributed by atoms with Crippen molar-refractivity contribution in [3.05, 3.63) is 130 Å². The van der Waals surface area contributed by atoms with E-state index in [1.807, 2.05) is 74.6 Å². The average molecular weight is 504 g/mol. The van der Waals surface area contributed by atoms with Crippen LogP contribution in [0.2, 0.25) is 0 Å². The SMILES string of the molecule is CC(C)(O)C(C)(C)O[B]c1cn(C(c2ccccc2)(c2ccccc2)c2ccccc2)c2ncc(=O)[nH]c12. The first-order valence-electron chi connectivity index (χ1n) is 12.7. The molecule has 2 N–H and O–H groups in total. The number of aromatic nitrogens is 3. The Hall–Kier alpha value is -3.94. The number of aromatic amines is 1. The van der Waals surface area contributed by atoms with E-state index in [2.05, 4.69) is 50.9 Å². The zero-order valence-corrected chi connectivity index (χ0v) is 22.1. The third kappa shape index (κ3) is 4.38. The van der Waals surface area contributed by atoms with E-state index >= 15 is 0 Å². The van der Waals surface area contributed by atoms with Gasteiger partial charge in [0.15, 0.2) is 5.65 Å². The lowest BCUT2D eigenvalue weighted by atomic mass is 9.76. The molecule has 6 nitrogen and oxygen atoms in total. The van der Waals surface area contributed by atoms with Gasteiger partial charge in [0, 0.05) is 6.20 Å². The summed E-state index contributed by atoms with van der Waals surface area (Å²) in [7, 11) is 1.60. The summed E-state index contributed by atoms with van der Waals surface area (Å²) in [6.45, 7) is 7.06. The van der Waals surface area contributed by atoms with Crippen molar-refractivity contribution in [3.63, 3.8) is 0 Å². The van der Waals surface area contributed by atoms with Crippen molar-refractivity contribution in [2.45, 2.75) is 44.4 Å². The van der Waals surface area contributed by atoms with Crippen molar-refractivity contribution in [1.29, 1.82) is 0 Å². The smallest absolute Gasteiger partial charge is 0.334 e. The number of aliphatic hydroxyl groups is 1. The van der Waals surface area contributed by atoms with Gasteiger partial charge >= 0.3 is 7.48 Å². The summed E-state index contributed by atoms with van der Waals surface area (Å²) in [5.41, 5.74) is 1.78. The predicted molar refractivity (Wildman–Crippen MR) is 152 cm³/mol. The summed E-state index contributed by atoms with van der Waals surface area (Å²) in [6.07, 6.45) is 3.26. The normalized spacial score (nSPS) is 12.6. The summed E-state index contributed by atoms with van der Waals surface area (Å²) >= 11 is 0. The highest BCUT2D eigenvalue weighted by atomic mass is 16.5. The first kappa shape index (κ1) is 25.7. The van der Waals surface area contributed by atoms with Gasteiger partial charge in [-0.3, -0.25) is 4.79 Å². The molecule has 1 radical (unpaired) electrons. The van der Waals surface area contributed by atoms with Crippen LogP contribution >= 0.6 is 0 Å². The number of H-pyrrole nitrogens is 1. The molecule has 0 aliphatic carbocycles. The third-order valence-corrected chi connectivity index (χ3v) is 7.45. The molecule has 0 atom stereocenters. The third-order valence-electron chi connectivity index (χ3n) is 7.45. The van der Waals surface area contributed by atoms with Crippen LogP contribution in [-0.4, -0.2) is 38.3 Å². The predicted octanol–water partition coefficient (Wildman–Crippen LogP) is 4.38. The molecule has 0 unspecified atom stereocenters.